The van der Waals surface area contributed by atoms with E-state index in [-0.39, 0.29) is 16.5 Å². The first-order valence-electron chi connectivity index (χ1n) is 13.9. The summed E-state index contributed by atoms with van der Waals surface area (Å²) in [5, 5.41) is 1.07. The molecular weight excluding hydrogens is 591 g/mol. The van der Waals surface area contributed by atoms with Crippen molar-refractivity contribution in [2.24, 2.45) is 0 Å². The van der Waals surface area contributed by atoms with Crippen LogP contribution in [0.5, 0.6) is 0 Å². The lowest BCUT2D eigenvalue weighted by Crippen LogP contribution is -2.32. The third-order valence-electron chi connectivity index (χ3n) is 7.51. The van der Waals surface area contributed by atoms with E-state index in [0.717, 1.165) is 30.5 Å². The molecule has 0 saturated carbocycles. The Balaban J connectivity index is 1.45. The molecule has 0 radical (unpaired) electrons. The number of hydrogen-bond donors (Lipinski definition) is 1. The van der Waals surface area contributed by atoms with E-state index >= 15 is 0 Å². The maximum absolute atomic E-state index is 13.4. The van der Waals surface area contributed by atoms with Crippen LogP contribution >= 0.6 is 23.2 Å². The first-order valence-corrected chi connectivity index (χ1v) is 16.1. The van der Waals surface area contributed by atoms with Gasteiger partial charge in [0.1, 0.15) is 0 Å². The molecule has 1 aliphatic heterocycles. The molecule has 3 aromatic carbocycles. The summed E-state index contributed by atoms with van der Waals surface area (Å²) in [5.74, 6) is 0.155. The van der Waals surface area contributed by atoms with Gasteiger partial charge in [-0.25, -0.2) is 23.1 Å². The van der Waals surface area contributed by atoms with E-state index in [4.69, 9.17) is 28.2 Å². The molecule has 0 spiro atoms. The summed E-state index contributed by atoms with van der Waals surface area (Å²) >= 11 is 12.0. The highest BCUT2D eigenvalue weighted by molar-refractivity contribution is 7.90. The van der Waals surface area contributed by atoms with Crippen LogP contribution in [0.15, 0.2) is 83.9 Å². The Morgan fingerprint density at radius 2 is 1.60 bits per heavy atom. The van der Waals surface area contributed by atoms with Gasteiger partial charge in [-0.3, -0.25) is 4.79 Å². The van der Waals surface area contributed by atoms with Crippen molar-refractivity contribution in [2.75, 3.05) is 11.4 Å². The predicted molar refractivity (Wildman–Crippen MR) is 167 cm³/mol. The van der Waals surface area contributed by atoms with E-state index in [9.17, 15) is 13.2 Å². The molecular formula is C32H32Cl2N4O3S. The number of hydrogen-bond acceptors (Lipinski definition) is 6. The van der Waals surface area contributed by atoms with Gasteiger partial charge in [-0.1, -0.05) is 73.4 Å². The zero-order valence-corrected chi connectivity index (χ0v) is 25.8. The third-order valence-corrected chi connectivity index (χ3v) is 9.36. The van der Waals surface area contributed by atoms with Crippen LogP contribution in [0.1, 0.15) is 71.4 Å². The maximum atomic E-state index is 13.4. The van der Waals surface area contributed by atoms with Crippen molar-refractivity contribution >= 4 is 45.1 Å². The van der Waals surface area contributed by atoms with Gasteiger partial charge in [0.2, 0.25) is 5.95 Å². The van der Waals surface area contributed by atoms with Gasteiger partial charge < -0.3 is 4.90 Å². The minimum absolute atomic E-state index is 0.0625. The Labute approximate surface area is 257 Å². The van der Waals surface area contributed by atoms with Crippen LogP contribution < -0.4 is 9.62 Å². The summed E-state index contributed by atoms with van der Waals surface area (Å²) in [6, 6.07) is 21.8. The first-order chi connectivity index (χ1) is 20.1. The molecule has 0 unspecified atom stereocenters. The molecule has 10 heteroatoms. The summed E-state index contributed by atoms with van der Waals surface area (Å²) in [4.78, 5) is 24.9. The lowest BCUT2D eigenvalue weighted by Gasteiger charge is -2.26. The van der Waals surface area contributed by atoms with Crippen molar-refractivity contribution < 1.29 is 13.2 Å². The first kappa shape index (κ1) is 30.0. The van der Waals surface area contributed by atoms with Gasteiger partial charge in [-0.05, 0) is 84.7 Å². The number of nitrogens with zero attached hydrogens (tertiary/aromatic N) is 3. The zero-order valence-electron chi connectivity index (χ0n) is 23.4. The second-order valence-electron chi connectivity index (χ2n) is 10.7. The molecule has 42 heavy (non-hydrogen) atoms. The highest BCUT2D eigenvalue weighted by Crippen LogP contribution is 2.35. The van der Waals surface area contributed by atoms with E-state index in [2.05, 4.69) is 52.7 Å². The molecule has 0 bridgehead atoms. The summed E-state index contributed by atoms with van der Waals surface area (Å²) in [6.07, 6.45) is 4.39. The van der Waals surface area contributed by atoms with Gasteiger partial charge >= 0.3 is 0 Å². The Morgan fingerprint density at radius 3 is 2.24 bits per heavy atom. The van der Waals surface area contributed by atoms with Gasteiger partial charge in [0.25, 0.3) is 15.9 Å². The maximum Gasteiger partial charge on any atom is 0.268 e. The van der Waals surface area contributed by atoms with Crippen molar-refractivity contribution in [1.82, 2.24) is 14.7 Å². The predicted octanol–water partition coefficient (Wildman–Crippen LogP) is 7.15. The average Bonchev–Trinajstić information content (AvgIpc) is 3.46. The second-order valence-corrected chi connectivity index (χ2v) is 13.3. The second kappa shape index (κ2) is 12.8. The van der Waals surface area contributed by atoms with Crippen LogP contribution in [-0.2, 0) is 22.9 Å². The molecule has 0 aliphatic carbocycles. The number of nitrogens with one attached hydrogen (secondary N) is 1. The SMILES string of the molecule is CC(C)c1ccc(CCc2nc(N3CCC[C@@H]3c3ccc(Cl)cc3)ncc2C(=O)NS(=O)(=O)c2ccc(Cl)cc2)cc1. The monoisotopic (exact) mass is 622 g/mol. The minimum Gasteiger partial charge on any atom is -0.334 e. The van der Waals surface area contributed by atoms with Crippen molar-refractivity contribution in [3.63, 3.8) is 0 Å². The molecule has 5 rings (SSSR count). The van der Waals surface area contributed by atoms with Crippen LogP contribution in [0.2, 0.25) is 10.0 Å². The Hall–Kier alpha value is -3.46. The molecule has 1 amide bonds. The zero-order chi connectivity index (χ0) is 29.9. The number of rotatable bonds is 9. The number of aryl methyl sites for hydroxylation is 2. The lowest BCUT2D eigenvalue weighted by molar-refractivity contribution is 0.0979. The quantitative estimate of drug-likeness (QED) is 0.213. The van der Waals surface area contributed by atoms with E-state index in [1.807, 2.05) is 24.3 Å². The molecule has 1 atom stereocenters. The normalized spacial score (nSPS) is 15.3. The summed E-state index contributed by atoms with van der Waals surface area (Å²) in [6.45, 7) is 5.06. The third kappa shape index (κ3) is 6.94. The average molecular weight is 624 g/mol. The molecule has 1 aromatic heterocycles. The Kier molecular flexibility index (Phi) is 9.16. The van der Waals surface area contributed by atoms with Crippen LogP contribution in [0.25, 0.3) is 0 Å². The van der Waals surface area contributed by atoms with Gasteiger partial charge in [0.15, 0.2) is 0 Å². The number of carbonyl (C=O) groups is 1. The molecule has 1 N–H and O–H groups in total. The summed E-state index contributed by atoms with van der Waals surface area (Å²) in [5.41, 5.74) is 4.07. The molecule has 1 fully saturated rings. The summed E-state index contributed by atoms with van der Waals surface area (Å²) < 4.78 is 28.1. The largest absolute Gasteiger partial charge is 0.334 e. The van der Waals surface area contributed by atoms with Crippen LogP contribution in [-0.4, -0.2) is 30.8 Å². The minimum atomic E-state index is -4.13. The Morgan fingerprint density at radius 1 is 0.952 bits per heavy atom. The molecule has 2 heterocycles. The lowest BCUT2D eigenvalue weighted by atomic mass is 9.99. The molecule has 7 nitrogen and oxygen atoms in total. The molecule has 218 valence electrons. The smallest absolute Gasteiger partial charge is 0.268 e. The van der Waals surface area contributed by atoms with Crippen LogP contribution in [0.3, 0.4) is 0 Å². The summed E-state index contributed by atoms with van der Waals surface area (Å²) in [7, 11) is -4.13. The number of halogens is 2. The molecule has 1 saturated heterocycles. The Bertz CT molecular complexity index is 1660. The topological polar surface area (TPSA) is 92.3 Å². The van der Waals surface area contributed by atoms with E-state index in [1.54, 1.807) is 0 Å². The highest BCUT2D eigenvalue weighted by atomic mass is 35.5. The van der Waals surface area contributed by atoms with E-state index in [0.29, 0.717) is 40.4 Å². The number of anilines is 1. The molecule has 4 aromatic rings. The number of sulfonamides is 1. The van der Waals surface area contributed by atoms with Crippen molar-refractivity contribution in [2.45, 2.75) is 56.4 Å². The fourth-order valence-corrected chi connectivity index (χ4v) is 6.36. The standard InChI is InChI=1S/C32H32Cl2N4O3S/c1-21(2)23-8-5-22(6-9-23)7-18-29-28(31(39)37-42(40,41)27-16-14-26(34)15-17-27)20-35-32(36-29)38-19-3-4-30(38)24-10-12-25(33)13-11-24/h5-6,8-17,20-21,30H,3-4,7,18-19H2,1-2H3,(H,37,39)/t30-/m1/s1. The van der Waals surface area contributed by atoms with Gasteiger partial charge in [-0.2, -0.15) is 0 Å². The molecule has 1 aliphatic rings. The van der Waals surface area contributed by atoms with E-state index in [1.165, 1.54) is 36.0 Å². The van der Waals surface area contributed by atoms with E-state index < -0.39 is 15.9 Å². The number of benzene rings is 3. The number of aromatic nitrogens is 2. The van der Waals surface area contributed by atoms with Gasteiger partial charge in [0, 0.05) is 22.8 Å². The van der Waals surface area contributed by atoms with Crippen LogP contribution in [0, 0.1) is 0 Å². The number of carbonyl (C=O) groups excluding carboxylic acids is 1. The fraction of sp³-hybridized carbons (Fsp3) is 0.281. The van der Waals surface area contributed by atoms with Crippen molar-refractivity contribution in [3.05, 3.63) is 117 Å². The highest BCUT2D eigenvalue weighted by Gasteiger charge is 2.30. The van der Waals surface area contributed by atoms with Crippen molar-refractivity contribution in [1.29, 1.82) is 0 Å². The number of amides is 1. The fourth-order valence-electron chi connectivity index (χ4n) is 5.14. The van der Waals surface area contributed by atoms with Crippen molar-refractivity contribution in [3.8, 4) is 0 Å². The van der Waals surface area contributed by atoms with Crippen LogP contribution in [0.4, 0.5) is 5.95 Å². The van der Waals surface area contributed by atoms with Gasteiger partial charge in [-0.15, -0.1) is 0 Å². The van der Waals surface area contributed by atoms with Gasteiger partial charge in [0.05, 0.1) is 22.2 Å².